The highest BCUT2D eigenvalue weighted by Crippen LogP contribution is 2.18. The fourth-order valence-electron chi connectivity index (χ4n) is 1.18. The number of aliphatic hydroxyl groups excluding tert-OH is 1. The van der Waals surface area contributed by atoms with Crippen molar-refractivity contribution in [3.05, 3.63) is 21.9 Å². The summed E-state index contributed by atoms with van der Waals surface area (Å²) in [5.74, 6) is -0.130. The van der Waals surface area contributed by atoms with Crippen molar-refractivity contribution in [3.63, 3.8) is 0 Å². The minimum absolute atomic E-state index is 0.130. The average Bonchev–Trinajstić information content (AvgIpc) is 2.50. The van der Waals surface area contributed by atoms with E-state index in [0.29, 0.717) is 11.3 Å². The number of ketones is 1. The molecule has 1 N–H and O–H groups in total. The quantitative estimate of drug-likeness (QED) is 0.754. The van der Waals surface area contributed by atoms with Crippen LogP contribution in [0.3, 0.4) is 0 Å². The Balaban J connectivity index is 2.73. The van der Waals surface area contributed by atoms with Gasteiger partial charge < -0.3 is 5.11 Å². The Hall–Kier alpha value is -0.670. The number of carbonyl (C=O) groups excluding carboxylic acids is 1. The van der Waals surface area contributed by atoms with Crippen LogP contribution in [0.2, 0.25) is 0 Å². The van der Waals surface area contributed by atoms with Gasteiger partial charge in [0.1, 0.15) is 6.10 Å². The molecule has 2 nitrogen and oxygen atoms in total. The van der Waals surface area contributed by atoms with Gasteiger partial charge in [0.05, 0.1) is 4.88 Å². The molecule has 0 bridgehead atoms. The minimum Gasteiger partial charge on any atom is -0.385 e. The molecule has 1 atom stereocenters. The molecule has 0 radical (unpaired) electrons. The van der Waals surface area contributed by atoms with Gasteiger partial charge in [0, 0.05) is 0 Å². The number of Topliss-reactive ketones (excluding diaryl/α,β-unsaturated/α-hetero) is 1. The van der Waals surface area contributed by atoms with Crippen molar-refractivity contribution in [2.75, 3.05) is 0 Å². The van der Waals surface area contributed by atoms with E-state index >= 15 is 0 Å². The Bertz CT molecular complexity index is 291. The van der Waals surface area contributed by atoms with Gasteiger partial charge in [0.2, 0.25) is 5.78 Å². The Labute approximate surface area is 82.2 Å². The molecule has 3 heteroatoms. The van der Waals surface area contributed by atoms with Crippen molar-refractivity contribution in [1.82, 2.24) is 0 Å². The highest BCUT2D eigenvalue weighted by molar-refractivity contribution is 7.12. The zero-order valence-corrected chi connectivity index (χ0v) is 8.73. The van der Waals surface area contributed by atoms with E-state index in [1.807, 2.05) is 25.3 Å². The zero-order valence-electron chi connectivity index (χ0n) is 7.91. The van der Waals surface area contributed by atoms with Crippen LogP contribution in [0.1, 0.15) is 35.0 Å². The molecule has 1 aromatic rings. The van der Waals surface area contributed by atoms with Crippen molar-refractivity contribution >= 4 is 17.1 Å². The molecule has 72 valence electrons. The first kappa shape index (κ1) is 10.4. The molecule has 13 heavy (non-hydrogen) atoms. The first-order valence-electron chi connectivity index (χ1n) is 4.43. The first-order chi connectivity index (χ1) is 6.16. The molecule has 1 rings (SSSR count). The number of hydrogen-bond acceptors (Lipinski definition) is 3. The lowest BCUT2D eigenvalue weighted by atomic mass is 10.1. The maximum absolute atomic E-state index is 11.6. The predicted octanol–water partition coefficient (Wildman–Crippen LogP) is 2.40. The van der Waals surface area contributed by atoms with Gasteiger partial charge in [-0.1, -0.05) is 13.3 Å². The molecule has 1 aromatic heterocycles. The van der Waals surface area contributed by atoms with E-state index < -0.39 is 6.10 Å². The number of aliphatic hydroxyl groups is 1. The van der Waals surface area contributed by atoms with Gasteiger partial charge in [-0.2, -0.15) is 0 Å². The topological polar surface area (TPSA) is 37.3 Å². The third kappa shape index (κ3) is 2.39. The molecular weight excluding hydrogens is 184 g/mol. The Morgan fingerprint density at radius 1 is 1.69 bits per heavy atom. The van der Waals surface area contributed by atoms with E-state index in [2.05, 4.69) is 0 Å². The lowest BCUT2D eigenvalue weighted by Gasteiger charge is -2.06. The van der Waals surface area contributed by atoms with Crippen LogP contribution in [0.4, 0.5) is 0 Å². The normalized spacial score (nSPS) is 12.8. The Kier molecular flexibility index (Phi) is 3.63. The molecule has 0 spiro atoms. The third-order valence-corrected chi connectivity index (χ3v) is 2.98. The Morgan fingerprint density at radius 3 is 2.85 bits per heavy atom. The second kappa shape index (κ2) is 4.53. The monoisotopic (exact) mass is 198 g/mol. The summed E-state index contributed by atoms with van der Waals surface area (Å²) in [4.78, 5) is 12.3. The molecule has 0 aliphatic carbocycles. The van der Waals surface area contributed by atoms with E-state index in [1.165, 1.54) is 11.3 Å². The van der Waals surface area contributed by atoms with Crippen molar-refractivity contribution in [3.8, 4) is 0 Å². The summed E-state index contributed by atoms with van der Waals surface area (Å²) in [5, 5.41) is 11.3. The second-order valence-electron chi connectivity index (χ2n) is 3.10. The molecule has 0 aromatic carbocycles. The van der Waals surface area contributed by atoms with Gasteiger partial charge >= 0.3 is 0 Å². The summed E-state index contributed by atoms with van der Waals surface area (Å²) in [6, 6.07) is 1.90. The summed E-state index contributed by atoms with van der Waals surface area (Å²) in [7, 11) is 0. The van der Waals surface area contributed by atoms with Gasteiger partial charge in [-0.3, -0.25) is 4.79 Å². The SMILES string of the molecule is CCCC(O)C(=O)c1sccc1C. The Morgan fingerprint density at radius 2 is 2.38 bits per heavy atom. The summed E-state index contributed by atoms with van der Waals surface area (Å²) in [5.41, 5.74) is 0.963. The molecule has 0 aliphatic heterocycles. The van der Waals surface area contributed by atoms with Crippen molar-refractivity contribution in [2.45, 2.75) is 32.8 Å². The lowest BCUT2D eigenvalue weighted by molar-refractivity contribution is 0.0733. The fourth-order valence-corrected chi connectivity index (χ4v) is 2.10. The largest absolute Gasteiger partial charge is 0.385 e. The van der Waals surface area contributed by atoms with E-state index in [0.717, 1.165) is 12.0 Å². The molecule has 1 heterocycles. The standard InChI is InChI=1S/C10H14O2S/c1-3-4-8(11)9(12)10-7(2)5-6-13-10/h5-6,8,11H,3-4H2,1-2H3. The van der Waals surface area contributed by atoms with Crippen molar-refractivity contribution in [1.29, 1.82) is 0 Å². The van der Waals surface area contributed by atoms with Gasteiger partial charge in [-0.05, 0) is 30.4 Å². The van der Waals surface area contributed by atoms with E-state index in [1.54, 1.807) is 0 Å². The van der Waals surface area contributed by atoms with E-state index in [9.17, 15) is 9.90 Å². The van der Waals surface area contributed by atoms with E-state index in [-0.39, 0.29) is 5.78 Å². The first-order valence-corrected chi connectivity index (χ1v) is 5.31. The number of carbonyl (C=O) groups is 1. The van der Waals surface area contributed by atoms with Gasteiger partial charge in [0.15, 0.2) is 0 Å². The van der Waals surface area contributed by atoms with Crippen LogP contribution >= 0.6 is 11.3 Å². The molecule has 0 saturated heterocycles. The van der Waals surface area contributed by atoms with Crippen LogP contribution in [0.5, 0.6) is 0 Å². The van der Waals surface area contributed by atoms with Crippen molar-refractivity contribution < 1.29 is 9.90 Å². The third-order valence-electron chi connectivity index (χ3n) is 1.95. The summed E-state index contributed by atoms with van der Waals surface area (Å²) >= 11 is 1.40. The van der Waals surface area contributed by atoms with Crippen LogP contribution in [-0.4, -0.2) is 17.0 Å². The van der Waals surface area contributed by atoms with Crippen LogP contribution in [0.25, 0.3) is 0 Å². The average molecular weight is 198 g/mol. The molecule has 1 unspecified atom stereocenters. The number of aryl methyl sites for hydroxylation is 1. The van der Waals surface area contributed by atoms with Gasteiger partial charge in [-0.15, -0.1) is 11.3 Å². The molecule has 0 saturated carbocycles. The predicted molar refractivity (Wildman–Crippen MR) is 54.3 cm³/mol. The van der Waals surface area contributed by atoms with Crippen LogP contribution in [0.15, 0.2) is 11.4 Å². The minimum atomic E-state index is -0.817. The maximum Gasteiger partial charge on any atom is 0.201 e. The number of rotatable bonds is 4. The van der Waals surface area contributed by atoms with Crippen molar-refractivity contribution in [2.24, 2.45) is 0 Å². The smallest absolute Gasteiger partial charge is 0.201 e. The maximum atomic E-state index is 11.6. The summed E-state index contributed by atoms with van der Waals surface area (Å²) in [6.45, 7) is 3.85. The molecule has 0 aliphatic rings. The number of thiophene rings is 1. The van der Waals surface area contributed by atoms with Crippen LogP contribution < -0.4 is 0 Å². The molecular formula is C10H14O2S. The highest BCUT2D eigenvalue weighted by Gasteiger charge is 2.18. The number of hydrogen-bond donors (Lipinski definition) is 1. The molecule has 0 fully saturated rings. The molecule has 0 amide bonds. The fraction of sp³-hybridized carbons (Fsp3) is 0.500. The van der Waals surface area contributed by atoms with Gasteiger partial charge in [0.25, 0.3) is 0 Å². The second-order valence-corrected chi connectivity index (χ2v) is 4.02. The summed E-state index contributed by atoms with van der Waals surface area (Å²) < 4.78 is 0. The van der Waals surface area contributed by atoms with Gasteiger partial charge in [-0.25, -0.2) is 0 Å². The van der Waals surface area contributed by atoms with Crippen LogP contribution in [-0.2, 0) is 0 Å². The zero-order chi connectivity index (χ0) is 9.84. The highest BCUT2D eigenvalue weighted by atomic mass is 32.1. The lowest BCUT2D eigenvalue weighted by Crippen LogP contribution is -2.19. The summed E-state index contributed by atoms with van der Waals surface area (Å²) in [6.07, 6.45) is 0.565. The van der Waals surface area contributed by atoms with E-state index in [4.69, 9.17) is 0 Å². The van der Waals surface area contributed by atoms with Crippen LogP contribution in [0, 0.1) is 6.92 Å².